The van der Waals surface area contributed by atoms with Crippen LogP contribution in [0.4, 0.5) is 4.39 Å². The zero-order chi connectivity index (χ0) is 18.4. The summed E-state index contributed by atoms with van der Waals surface area (Å²) in [5.74, 6) is -0.0870. The van der Waals surface area contributed by atoms with Gasteiger partial charge < -0.3 is 18.9 Å². The summed E-state index contributed by atoms with van der Waals surface area (Å²) in [6, 6.07) is 6.19. The van der Waals surface area contributed by atoms with Crippen LogP contribution in [0.1, 0.15) is 50.0 Å². The van der Waals surface area contributed by atoms with Crippen molar-refractivity contribution in [1.82, 2.24) is 0 Å². The maximum Gasteiger partial charge on any atom is 0.183 e. The molecule has 0 N–H and O–H groups in total. The predicted molar refractivity (Wildman–Crippen MR) is 92.6 cm³/mol. The van der Waals surface area contributed by atoms with E-state index in [9.17, 15) is 4.39 Å². The molecular formula is C20H26FNO4. The van der Waals surface area contributed by atoms with E-state index in [0.29, 0.717) is 24.7 Å². The molecule has 1 aromatic carbocycles. The van der Waals surface area contributed by atoms with Gasteiger partial charge in [0.2, 0.25) is 0 Å². The lowest BCUT2D eigenvalue weighted by atomic mass is 10.0. The highest BCUT2D eigenvalue weighted by Gasteiger charge is 2.34. The van der Waals surface area contributed by atoms with Gasteiger partial charge in [-0.3, -0.25) is 0 Å². The van der Waals surface area contributed by atoms with Gasteiger partial charge >= 0.3 is 0 Å². The average Bonchev–Trinajstić information content (AvgIpc) is 2.69. The van der Waals surface area contributed by atoms with E-state index in [2.05, 4.69) is 6.92 Å². The van der Waals surface area contributed by atoms with Crippen LogP contribution in [0, 0.1) is 29.0 Å². The van der Waals surface area contributed by atoms with Crippen molar-refractivity contribution < 1.29 is 23.3 Å². The Kier molecular flexibility index (Phi) is 6.98. The second-order valence-corrected chi connectivity index (χ2v) is 7.01. The monoisotopic (exact) mass is 363 g/mol. The van der Waals surface area contributed by atoms with E-state index in [1.807, 2.05) is 0 Å². The van der Waals surface area contributed by atoms with Crippen molar-refractivity contribution in [2.45, 2.75) is 45.2 Å². The Labute approximate surface area is 154 Å². The molecule has 0 bridgehead atoms. The molecule has 3 rings (SSSR count). The van der Waals surface area contributed by atoms with Crippen LogP contribution in [0.15, 0.2) is 18.2 Å². The van der Waals surface area contributed by atoms with Crippen molar-refractivity contribution in [2.75, 3.05) is 26.4 Å². The van der Waals surface area contributed by atoms with Crippen molar-refractivity contribution in [1.29, 1.82) is 5.26 Å². The van der Waals surface area contributed by atoms with Gasteiger partial charge in [0, 0.05) is 11.5 Å². The molecule has 26 heavy (non-hydrogen) atoms. The summed E-state index contributed by atoms with van der Waals surface area (Å²) in [6.45, 7) is 4.49. The van der Waals surface area contributed by atoms with Crippen LogP contribution in [0.3, 0.4) is 0 Å². The molecule has 2 aliphatic rings. The molecule has 0 aromatic heterocycles. The zero-order valence-corrected chi connectivity index (χ0v) is 15.2. The predicted octanol–water partition coefficient (Wildman–Crippen LogP) is 3.93. The Hall–Kier alpha value is -1.52. The van der Waals surface area contributed by atoms with Gasteiger partial charge in [-0.15, -0.1) is 0 Å². The molecule has 1 aromatic rings. The molecule has 0 atom stereocenters. The normalized spacial score (nSPS) is 29.3. The summed E-state index contributed by atoms with van der Waals surface area (Å²) in [5.41, 5.74) is 0.585. The largest absolute Gasteiger partial charge is 0.352 e. The second kappa shape index (κ2) is 9.43. The maximum atomic E-state index is 13.7. The number of rotatable bonds is 6. The van der Waals surface area contributed by atoms with Gasteiger partial charge in [0.1, 0.15) is 11.9 Å². The van der Waals surface area contributed by atoms with Gasteiger partial charge in [0.15, 0.2) is 12.6 Å². The van der Waals surface area contributed by atoms with Crippen LogP contribution >= 0.6 is 0 Å². The van der Waals surface area contributed by atoms with Crippen molar-refractivity contribution >= 4 is 0 Å². The van der Waals surface area contributed by atoms with Crippen LogP contribution in [-0.4, -0.2) is 32.7 Å². The fourth-order valence-corrected chi connectivity index (χ4v) is 3.32. The first-order valence-corrected chi connectivity index (χ1v) is 9.37. The topological polar surface area (TPSA) is 60.7 Å². The molecule has 2 aliphatic heterocycles. The van der Waals surface area contributed by atoms with Crippen LogP contribution in [0.5, 0.6) is 0 Å². The van der Waals surface area contributed by atoms with E-state index >= 15 is 0 Å². The SMILES string of the molecule is CCCCC[C@H]1CO[C@H]([C@H]2CO[C@H](c3ccc(C#N)c(F)c3)OC2)OC1. The smallest absolute Gasteiger partial charge is 0.183 e. The minimum atomic E-state index is -0.626. The van der Waals surface area contributed by atoms with E-state index in [1.165, 1.54) is 31.4 Å². The van der Waals surface area contributed by atoms with Gasteiger partial charge in [-0.25, -0.2) is 4.39 Å². The van der Waals surface area contributed by atoms with E-state index in [4.69, 9.17) is 24.2 Å². The fourth-order valence-electron chi connectivity index (χ4n) is 3.32. The summed E-state index contributed by atoms with van der Waals surface area (Å²) >= 11 is 0. The standard InChI is InChI=1S/C20H26FNO4/c1-2-3-4-5-14-10-23-20(24-11-14)17-12-25-19(26-13-17)15-6-7-16(9-22)18(21)8-15/h6-8,14,17,19-20H,2-5,10-13H2,1H3/t14-,17-,19-,20-. The summed E-state index contributed by atoms with van der Waals surface area (Å²) in [4.78, 5) is 0. The van der Waals surface area contributed by atoms with Gasteiger partial charge in [-0.1, -0.05) is 32.3 Å². The Bertz CT molecular complexity index is 617. The first-order valence-electron chi connectivity index (χ1n) is 9.37. The first-order chi connectivity index (χ1) is 12.7. The van der Waals surface area contributed by atoms with Gasteiger partial charge in [0.05, 0.1) is 37.9 Å². The van der Waals surface area contributed by atoms with Gasteiger partial charge in [-0.05, 0) is 18.6 Å². The third-order valence-electron chi connectivity index (χ3n) is 4.90. The molecular weight excluding hydrogens is 337 g/mol. The third kappa shape index (κ3) is 4.80. The van der Waals surface area contributed by atoms with E-state index < -0.39 is 12.1 Å². The molecule has 2 saturated heterocycles. The molecule has 0 spiro atoms. The number of nitriles is 1. The molecule has 0 saturated carbocycles. The minimum Gasteiger partial charge on any atom is -0.352 e. The van der Waals surface area contributed by atoms with Crippen molar-refractivity contribution in [2.24, 2.45) is 11.8 Å². The number of benzene rings is 1. The van der Waals surface area contributed by atoms with Crippen molar-refractivity contribution in [3.8, 4) is 6.07 Å². The van der Waals surface area contributed by atoms with Gasteiger partial charge in [-0.2, -0.15) is 5.26 Å². The van der Waals surface area contributed by atoms with E-state index in [-0.39, 0.29) is 17.8 Å². The number of hydrogen-bond acceptors (Lipinski definition) is 5. The molecule has 6 heteroatoms. The third-order valence-corrected chi connectivity index (χ3v) is 4.90. The molecule has 2 heterocycles. The summed E-state index contributed by atoms with van der Waals surface area (Å²) in [7, 11) is 0. The summed E-state index contributed by atoms with van der Waals surface area (Å²) in [6.07, 6.45) is 3.90. The number of unbranched alkanes of at least 4 members (excludes halogenated alkanes) is 2. The molecule has 142 valence electrons. The highest BCUT2D eigenvalue weighted by Crippen LogP contribution is 2.30. The number of halogens is 1. The number of ether oxygens (including phenoxy) is 4. The van der Waals surface area contributed by atoms with Crippen molar-refractivity contribution in [3.63, 3.8) is 0 Å². The number of nitrogens with zero attached hydrogens (tertiary/aromatic N) is 1. The van der Waals surface area contributed by atoms with E-state index in [0.717, 1.165) is 19.6 Å². The van der Waals surface area contributed by atoms with Crippen LogP contribution < -0.4 is 0 Å². The molecule has 0 radical (unpaired) electrons. The Morgan fingerprint density at radius 3 is 2.42 bits per heavy atom. The second-order valence-electron chi connectivity index (χ2n) is 7.01. The number of hydrogen-bond donors (Lipinski definition) is 0. The fraction of sp³-hybridized carbons (Fsp3) is 0.650. The Morgan fingerprint density at radius 2 is 1.81 bits per heavy atom. The Balaban J connectivity index is 1.44. The minimum absolute atomic E-state index is 0.00562. The maximum absolute atomic E-state index is 13.7. The lowest BCUT2D eigenvalue weighted by Crippen LogP contribution is -2.43. The lowest BCUT2D eigenvalue weighted by molar-refractivity contribution is -0.283. The molecule has 2 fully saturated rings. The molecule has 0 amide bonds. The summed E-state index contributed by atoms with van der Waals surface area (Å²) < 4.78 is 37.0. The first kappa shape index (κ1) is 19.2. The van der Waals surface area contributed by atoms with Crippen LogP contribution in [0.25, 0.3) is 0 Å². The highest BCUT2D eigenvalue weighted by atomic mass is 19.1. The quantitative estimate of drug-likeness (QED) is 0.717. The lowest BCUT2D eigenvalue weighted by Gasteiger charge is -2.37. The summed E-state index contributed by atoms with van der Waals surface area (Å²) in [5, 5.41) is 8.80. The molecule has 5 nitrogen and oxygen atoms in total. The average molecular weight is 363 g/mol. The Morgan fingerprint density at radius 1 is 1.08 bits per heavy atom. The molecule has 0 aliphatic carbocycles. The van der Waals surface area contributed by atoms with E-state index in [1.54, 1.807) is 12.1 Å². The zero-order valence-electron chi connectivity index (χ0n) is 15.2. The van der Waals surface area contributed by atoms with Crippen LogP contribution in [-0.2, 0) is 18.9 Å². The molecule has 0 unspecified atom stereocenters. The highest BCUT2D eigenvalue weighted by molar-refractivity contribution is 5.33. The van der Waals surface area contributed by atoms with Crippen molar-refractivity contribution in [3.05, 3.63) is 35.1 Å². The van der Waals surface area contributed by atoms with Crippen LogP contribution in [0.2, 0.25) is 0 Å². The van der Waals surface area contributed by atoms with Gasteiger partial charge in [0.25, 0.3) is 0 Å².